The van der Waals surface area contributed by atoms with Gasteiger partial charge in [0.05, 0.1) is 21.3 Å². The highest BCUT2D eigenvalue weighted by Crippen LogP contribution is 2.43. The molecule has 1 atom stereocenters. The summed E-state index contributed by atoms with van der Waals surface area (Å²) in [6.45, 7) is 2.84. The van der Waals surface area contributed by atoms with Crippen LogP contribution in [-0.4, -0.2) is 33.5 Å². The first-order valence-electron chi connectivity index (χ1n) is 6.22. The van der Waals surface area contributed by atoms with Gasteiger partial charge in [0.1, 0.15) is 6.04 Å². The van der Waals surface area contributed by atoms with Crippen LogP contribution < -0.4 is 19.9 Å². The van der Waals surface area contributed by atoms with Crippen molar-refractivity contribution in [3.8, 4) is 17.2 Å². The molecule has 0 aliphatic rings. The van der Waals surface area contributed by atoms with E-state index < -0.39 is 17.6 Å². The summed E-state index contributed by atoms with van der Waals surface area (Å²) in [5.74, 6) is 0.892. The molecule has 1 aromatic rings. The highest BCUT2D eigenvalue weighted by molar-refractivity contribution is 5.55. The van der Waals surface area contributed by atoms with Crippen LogP contribution in [0.1, 0.15) is 19.4 Å². The number of alkyl halides is 3. The van der Waals surface area contributed by atoms with Gasteiger partial charge in [-0.2, -0.15) is 13.2 Å². The molecular weight excluding hydrogens is 287 g/mol. The molecule has 0 saturated heterocycles. The lowest BCUT2D eigenvalue weighted by Crippen LogP contribution is -2.51. The second kappa shape index (κ2) is 6.01. The van der Waals surface area contributed by atoms with Gasteiger partial charge in [0, 0.05) is 5.41 Å². The molecule has 120 valence electrons. The van der Waals surface area contributed by atoms with Crippen LogP contribution >= 0.6 is 0 Å². The van der Waals surface area contributed by atoms with E-state index in [1.165, 1.54) is 47.3 Å². The maximum Gasteiger partial charge on any atom is 0.404 e. The summed E-state index contributed by atoms with van der Waals surface area (Å²) < 4.78 is 54.2. The van der Waals surface area contributed by atoms with Gasteiger partial charge in [-0.1, -0.05) is 13.8 Å². The first kappa shape index (κ1) is 17.4. The van der Waals surface area contributed by atoms with E-state index >= 15 is 0 Å². The highest BCUT2D eigenvalue weighted by atomic mass is 19.4. The second-order valence-electron chi connectivity index (χ2n) is 5.15. The third kappa shape index (κ3) is 3.34. The van der Waals surface area contributed by atoms with Crippen LogP contribution in [-0.2, 0) is 5.41 Å². The average molecular weight is 307 g/mol. The smallest absolute Gasteiger partial charge is 0.404 e. The van der Waals surface area contributed by atoms with Crippen molar-refractivity contribution in [2.75, 3.05) is 21.3 Å². The molecule has 0 aliphatic heterocycles. The van der Waals surface area contributed by atoms with Crippen molar-refractivity contribution in [2.45, 2.75) is 31.5 Å². The van der Waals surface area contributed by atoms with Gasteiger partial charge in [-0.05, 0) is 17.7 Å². The number of ether oxygens (including phenoxy) is 3. The van der Waals surface area contributed by atoms with Gasteiger partial charge in [0.2, 0.25) is 5.75 Å². The third-order valence-corrected chi connectivity index (χ3v) is 3.54. The monoisotopic (exact) mass is 307 g/mol. The van der Waals surface area contributed by atoms with Crippen molar-refractivity contribution in [3.63, 3.8) is 0 Å². The van der Waals surface area contributed by atoms with E-state index in [0.29, 0.717) is 11.3 Å². The zero-order chi connectivity index (χ0) is 16.4. The van der Waals surface area contributed by atoms with Gasteiger partial charge in [0.25, 0.3) is 0 Å². The van der Waals surface area contributed by atoms with Crippen LogP contribution in [0.15, 0.2) is 12.1 Å². The summed E-state index contributed by atoms with van der Waals surface area (Å²) in [5, 5.41) is 0. The number of hydrogen-bond acceptors (Lipinski definition) is 4. The predicted molar refractivity (Wildman–Crippen MR) is 73.2 cm³/mol. The molecule has 0 bridgehead atoms. The largest absolute Gasteiger partial charge is 0.493 e. The maximum absolute atomic E-state index is 12.9. The summed E-state index contributed by atoms with van der Waals surface area (Å²) in [4.78, 5) is 0. The average Bonchev–Trinajstić information content (AvgIpc) is 2.43. The molecule has 1 rings (SSSR count). The van der Waals surface area contributed by atoms with E-state index in [2.05, 4.69) is 0 Å². The Morgan fingerprint density at radius 1 is 0.952 bits per heavy atom. The van der Waals surface area contributed by atoms with Gasteiger partial charge in [-0.15, -0.1) is 0 Å². The summed E-state index contributed by atoms with van der Waals surface area (Å²) in [6.07, 6.45) is -4.51. The van der Waals surface area contributed by atoms with E-state index in [-0.39, 0.29) is 11.5 Å². The van der Waals surface area contributed by atoms with Crippen molar-refractivity contribution >= 4 is 0 Å². The summed E-state index contributed by atoms with van der Waals surface area (Å²) in [5.41, 5.74) is 4.37. The normalized spacial score (nSPS) is 13.8. The van der Waals surface area contributed by atoms with Gasteiger partial charge < -0.3 is 19.9 Å². The van der Waals surface area contributed by atoms with Crippen LogP contribution in [0.25, 0.3) is 0 Å². The molecule has 21 heavy (non-hydrogen) atoms. The van der Waals surface area contributed by atoms with Gasteiger partial charge in [0.15, 0.2) is 11.5 Å². The minimum atomic E-state index is -4.51. The number of benzene rings is 1. The van der Waals surface area contributed by atoms with Crippen molar-refractivity contribution < 1.29 is 27.4 Å². The molecule has 0 spiro atoms. The molecule has 7 heteroatoms. The lowest BCUT2D eigenvalue weighted by molar-refractivity contribution is -0.160. The molecule has 0 fully saturated rings. The number of hydrogen-bond donors (Lipinski definition) is 1. The fourth-order valence-electron chi connectivity index (χ4n) is 2.04. The minimum absolute atomic E-state index is 0.286. The topological polar surface area (TPSA) is 53.7 Å². The zero-order valence-corrected chi connectivity index (χ0v) is 12.7. The molecule has 0 amide bonds. The van der Waals surface area contributed by atoms with Crippen molar-refractivity contribution in [1.82, 2.24) is 0 Å². The van der Waals surface area contributed by atoms with Crippen molar-refractivity contribution in [1.29, 1.82) is 0 Å². The Labute approximate surface area is 122 Å². The second-order valence-corrected chi connectivity index (χ2v) is 5.15. The summed E-state index contributed by atoms with van der Waals surface area (Å²) in [6, 6.07) is 0.938. The summed E-state index contributed by atoms with van der Waals surface area (Å²) in [7, 11) is 4.22. The molecule has 0 aromatic heterocycles. The van der Waals surface area contributed by atoms with Crippen LogP contribution in [0.2, 0.25) is 0 Å². The molecule has 1 aromatic carbocycles. The molecule has 0 saturated carbocycles. The quantitative estimate of drug-likeness (QED) is 0.909. The first-order valence-corrected chi connectivity index (χ1v) is 6.22. The van der Waals surface area contributed by atoms with Gasteiger partial charge >= 0.3 is 6.18 Å². The van der Waals surface area contributed by atoms with Crippen LogP contribution in [0, 0.1) is 0 Å². The minimum Gasteiger partial charge on any atom is -0.493 e. The lowest BCUT2D eigenvalue weighted by Gasteiger charge is -2.34. The number of nitrogens with two attached hydrogens (primary N) is 1. The van der Waals surface area contributed by atoms with E-state index in [1.807, 2.05) is 0 Å². The third-order valence-electron chi connectivity index (χ3n) is 3.54. The van der Waals surface area contributed by atoms with Crippen molar-refractivity contribution in [2.24, 2.45) is 5.73 Å². The van der Waals surface area contributed by atoms with Crippen LogP contribution in [0.5, 0.6) is 17.2 Å². The molecular formula is C14H20F3NO3. The fraction of sp³-hybridized carbons (Fsp3) is 0.571. The van der Waals surface area contributed by atoms with E-state index in [4.69, 9.17) is 19.9 Å². The van der Waals surface area contributed by atoms with Crippen LogP contribution in [0.4, 0.5) is 13.2 Å². The van der Waals surface area contributed by atoms with E-state index in [1.54, 1.807) is 0 Å². The van der Waals surface area contributed by atoms with E-state index in [9.17, 15) is 13.2 Å². The maximum atomic E-state index is 12.9. The molecule has 0 aliphatic carbocycles. The molecule has 2 N–H and O–H groups in total. The number of methoxy groups -OCH3 is 3. The standard InChI is InChI=1S/C14H20F3NO3/c1-13(2,12(18)14(15,16)17)8-6-9(19-3)11(21-5)10(7-8)20-4/h6-7,12H,18H2,1-5H3. The Bertz CT molecular complexity index is 476. The Balaban J connectivity index is 3.43. The first-order chi connectivity index (χ1) is 9.59. The fourth-order valence-corrected chi connectivity index (χ4v) is 2.04. The predicted octanol–water partition coefficient (Wildman–Crippen LogP) is 2.88. The molecule has 0 heterocycles. The zero-order valence-electron chi connectivity index (χ0n) is 12.7. The summed E-state index contributed by atoms with van der Waals surface area (Å²) >= 11 is 0. The Morgan fingerprint density at radius 2 is 1.38 bits per heavy atom. The lowest BCUT2D eigenvalue weighted by atomic mass is 9.77. The molecule has 4 nitrogen and oxygen atoms in total. The molecule has 0 radical (unpaired) electrons. The SMILES string of the molecule is COc1cc(C(C)(C)C(N)C(F)(F)F)cc(OC)c1OC. The number of halogens is 3. The van der Waals surface area contributed by atoms with Crippen LogP contribution in [0.3, 0.4) is 0 Å². The van der Waals surface area contributed by atoms with E-state index in [0.717, 1.165) is 0 Å². The van der Waals surface area contributed by atoms with Gasteiger partial charge in [-0.3, -0.25) is 0 Å². The Kier molecular flexibility index (Phi) is 4.99. The van der Waals surface area contributed by atoms with Crippen molar-refractivity contribution in [3.05, 3.63) is 17.7 Å². The molecule has 1 unspecified atom stereocenters. The Morgan fingerprint density at radius 3 is 1.67 bits per heavy atom. The number of rotatable bonds is 5. The Hall–Kier alpha value is -1.63. The highest BCUT2D eigenvalue weighted by Gasteiger charge is 2.47. The van der Waals surface area contributed by atoms with Gasteiger partial charge in [-0.25, -0.2) is 0 Å².